The molecule has 1 rings (SSSR count). The lowest BCUT2D eigenvalue weighted by Crippen LogP contribution is -2.07. The molecule has 1 aromatic carbocycles. The van der Waals surface area contributed by atoms with Crippen molar-refractivity contribution in [1.82, 2.24) is 0 Å². The van der Waals surface area contributed by atoms with Gasteiger partial charge in [0.05, 0.1) is 0 Å². The standard InChI is InChI=1S/C12H17Cl2P/c13-8-2-5-10-4-1-7-12(15)11(10)6-3-9-14/h1,4,7H,2-3,5-6,8-9,15H2. The van der Waals surface area contributed by atoms with Gasteiger partial charge in [0, 0.05) is 11.8 Å². The Morgan fingerprint density at radius 3 is 2.33 bits per heavy atom. The number of benzene rings is 1. The van der Waals surface area contributed by atoms with Crippen molar-refractivity contribution in [2.75, 3.05) is 11.8 Å². The van der Waals surface area contributed by atoms with E-state index in [2.05, 4.69) is 27.4 Å². The van der Waals surface area contributed by atoms with Crippen molar-refractivity contribution in [1.29, 1.82) is 0 Å². The molecule has 0 aliphatic rings. The van der Waals surface area contributed by atoms with Gasteiger partial charge in [-0.25, -0.2) is 0 Å². The molecule has 0 spiro atoms. The summed E-state index contributed by atoms with van der Waals surface area (Å²) >= 11 is 11.5. The SMILES string of the molecule is Pc1cccc(CCCCl)c1CCCCl. The van der Waals surface area contributed by atoms with E-state index in [1.54, 1.807) is 0 Å². The van der Waals surface area contributed by atoms with E-state index in [4.69, 9.17) is 23.2 Å². The van der Waals surface area contributed by atoms with Crippen LogP contribution in [0.4, 0.5) is 0 Å². The van der Waals surface area contributed by atoms with E-state index in [1.165, 1.54) is 16.4 Å². The Kier molecular flexibility index (Phi) is 6.64. The number of rotatable bonds is 6. The summed E-state index contributed by atoms with van der Waals surface area (Å²) in [6.07, 6.45) is 4.23. The molecule has 0 fully saturated rings. The first kappa shape index (κ1) is 13.3. The van der Waals surface area contributed by atoms with E-state index >= 15 is 0 Å². The van der Waals surface area contributed by atoms with E-state index < -0.39 is 0 Å². The van der Waals surface area contributed by atoms with E-state index in [9.17, 15) is 0 Å². The van der Waals surface area contributed by atoms with Crippen molar-refractivity contribution in [2.24, 2.45) is 0 Å². The Labute approximate surface area is 105 Å². The third kappa shape index (κ3) is 4.31. The molecule has 0 nitrogen and oxygen atoms in total. The van der Waals surface area contributed by atoms with Crippen LogP contribution in [0, 0.1) is 0 Å². The van der Waals surface area contributed by atoms with Gasteiger partial charge in [0.25, 0.3) is 0 Å². The molecule has 0 aliphatic heterocycles. The number of aryl methyl sites for hydroxylation is 1. The summed E-state index contributed by atoms with van der Waals surface area (Å²) in [4.78, 5) is 0. The van der Waals surface area contributed by atoms with Crippen molar-refractivity contribution in [3.8, 4) is 0 Å². The minimum absolute atomic E-state index is 0.730. The smallest absolute Gasteiger partial charge is 0.0226 e. The monoisotopic (exact) mass is 262 g/mol. The molecular formula is C12H17Cl2P. The van der Waals surface area contributed by atoms with Gasteiger partial charge in [0.1, 0.15) is 0 Å². The van der Waals surface area contributed by atoms with Crippen LogP contribution in [0.2, 0.25) is 0 Å². The highest BCUT2D eigenvalue weighted by Gasteiger charge is 2.04. The highest BCUT2D eigenvalue weighted by atomic mass is 35.5. The van der Waals surface area contributed by atoms with Crippen LogP contribution in [-0.2, 0) is 12.8 Å². The van der Waals surface area contributed by atoms with Gasteiger partial charge < -0.3 is 0 Å². The Balaban J connectivity index is 2.77. The average molecular weight is 263 g/mol. The third-order valence-electron chi connectivity index (χ3n) is 2.45. The number of halogens is 2. The van der Waals surface area contributed by atoms with Gasteiger partial charge >= 0.3 is 0 Å². The van der Waals surface area contributed by atoms with Gasteiger partial charge in [-0.3, -0.25) is 0 Å². The molecule has 15 heavy (non-hydrogen) atoms. The molecule has 0 saturated carbocycles. The van der Waals surface area contributed by atoms with Crippen LogP contribution in [0.1, 0.15) is 24.0 Å². The maximum Gasteiger partial charge on any atom is 0.0226 e. The lowest BCUT2D eigenvalue weighted by Gasteiger charge is -2.11. The van der Waals surface area contributed by atoms with Gasteiger partial charge in [0.15, 0.2) is 0 Å². The molecule has 1 atom stereocenters. The van der Waals surface area contributed by atoms with E-state index in [0.717, 1.165) is 37.4 Å². The van der Waals surface area contributed by atoms with Crippen LogP contribution in [0.15, 0.2) is 18.2 Å². The molecule has 0 aromatic heterocycles. The van der Waals surface area contributed by atoms with Gasteiger partial charge in [-0.15, -0.1) is 32.4 Å². The fraction of sp³-hybridized carbons (Fsp3) is 0.500. The van der Waals surface area contributed by atoms with Crippen molar-refractivity contribution in [2.45, 2.75) is 25.7 Å². The molecule has 0 aliphatic carbocycles. The Bertz CT molecular complexity index is 300. The molecule has 1 unspecified atom stereocenters. The molecule has 84 valence electrons. The fourth-order valence-electron chi connectivity index (χ4n) is 1.69. The van der Waals surface area contributed by atoms with E-state index in [-0.39, 0.29) is 0 Å². The van der Waals surface area contributed by atoms with E-state index in [1.807, 2.05) is 0 Å². The van der Waals surface area contributed by atoms with Crippen LogP contribution in [0.5, 0.6) is 0 Å². The lowest BCUT2D eigenvalue weighted by molar-refractivity contribution is 0.872. The van der Waals surface area contributed by atoms with Crippen molar-refractivity contribution in [3.05, 3.63) is 29.3 Å². The number of alkyl halides is 2. The van der Waals surface area contributed by atoms with Gasteiger partial charge in [-0.1, -0.05) is 18.2 Å². The van der Waals surface area contributed by atoms with E-state index in [0.29, 0.717) is 0 Å². The van der Waals surface area contributed by atoms with Crippen LogP contribution < -0.4 is 5.30 Å². The largest absolute Gasteiger partial charge is 0.127 e. The normalized spacial score (nSPS) is 10.6. The second kappa shape index (κ2) is 7.49. The highest BCUT2D eigenvalue weighted by molar-refractivity contribution is 7.27. The van der Waals surface area contributed by atoms with Crippen molar-refractivity contribution in [3.63, 3.8) is 0 Å². The number of hydrogen-bond acceptors (Lipinski definition) is 0. The first-order valence-electron chi connectivity index (χ1n) is 5.27. The van der Waals surface area contributed by atoms with Crippen molar-refractivity contribution >= 4 is 37.7 Å². The summed E-state index contributed by atoms with van der Waals surface area (Å²) in [5.41, 5.74) is 2.86. The summed E-state index contributed by atoms with van der Waals surface area (Å²) < 4.78 is 0. The summed E-state index contributed by atoms with van der Waals surface area (Å²) in [7, 11) is 2.80. The average Bonchev–Trinajstić information content (AvgIpc) is 2.25. The Hall–Kier alpha value is 0.230. The van der Waals surface area contributed by atoms with Crippen LogP contribution in [0.25, 0.3) is 0 Å². The molecule has 3 heteroatoms. The summed E-state index contributed by atoms with van der Waals surface area (Å²) in [6.45, 7) is 0. The zero-order valence-corrected chi connectivity index (χ0v) is 11.5. The zero-order valence-electron chi connectivity index (χ0n) is 8.81. The maximum atomic E-state index is 5.73. The maximum absolute atomic E-state index is 5.73. The quantitative estimate of drug-likeness (QED) is 0.544. The van der Waals surface area contributed by atoms with Crippen LogP contribution in [-0.4, -0.2) is 11.8 Å². The Morgan fingerprint density at radius 1 is 1.00 bits per heavy atom. The van der Waals surface area contributed by atoms with Gasteiger partial charge in [0.2, 0.25) is 0 Å². The molecule has 0 amide bonds. The Morgan fingerprint density at radius 2 is 1.67 bits per heavy atom. The first-order chi connectivity index (χ1) is 7.29. The summed E-state index contributed by atoms with van der Waals surface area (Å²) in [5.74, 6) is 1.46. The topological polar surface area (TPSA) is 0 Å². The van der Waals surface area contributed by atoms with Gasteiger partial charge in [-0.2, -0.15) is 0 Å². The molecule has 0 bridgehead atoms. The second-order valence-electron chi connectivity index (χ2n) is 3.57. The first-order valence-corrected chi connectivity index (χ1v) is 6.92. The molecule has 1 aromatic rings. The molecule has 0 N–H and O–H groups in total. The minimum atomic E-state index is 0.730. The molecule has 0 heterocycles. The van der Waals surface area contributed by atoms with Crippen LogP contribution in [0.3, 0.4) is 0 Å². The summed E-state index contributed by atoms with van der Waals surface area (Å²) in [6, 6.07) is 6.44. The van der Waals surface area contributed by atoms with Crippen LogP contribution >= 0.6 is 32.4 Å². The zero-order chi connectivity index (χ0) is 11.1. The highest BCUT2D eigenvalue weighted by Crippen LogP contribution is 2.14. The molecule has 0 radical (unpaired) electrons. The number of hydrogen-bond donors (Lipinski definition) is 0. The minimum Gasteiger partial charge on any atom is -0.127 e. The van der Waals surface area contributed by atoms with Gasteiger partial charge in [-0.05, 0) is 42.1 Å². The summed E-state index contributed by atoms with van der Waals surface area (Å²) in [5, 5.41) is 1.30. The third-order valence-corrected chi connectivity index (χ3v) is 3.52. The predicted octanol–water partition coefficient (Wildman–Crippen LogP) is 3.53. The predicted molar refractivity (Wildman–Crippen MR) is 73.9 cm³/mol. The van der Waals surface area contributed by atoms with Crippen molar-refractivity contribution < 1.29 is 0 Å². The molecular weight excluding hydrogens is 246 g/mol. The molecule has 0 saturated heterocycles. The second-order valence-corrected chi connectivity index (χ2v) is 4.95. The lowest BCUT2D eigenvalue weighted by atomic mass is 9.99. The fourth-order valence-corrected chi connectivity index (χ4v) is 2.40.